The summed E-state index contributed by atoms with van der Waals surface area (Å²) in [5.41, 5.74) is 2.27. The monoisotopic (exact) mass is 280 g/mol. The molecule has 0 aliphatic rings. The van der Waals surface area contributed by atoms with Gasteiger partial charge in [-0.2, -0.15) is 0 Å². The van der Waals surface area contributed by atoms with Crippen molar-refractivity contribution in [3.8, 4) is 5.75 Å². The highest BCUT2D eigenvalue weighted by molar-refractivity contribution is 9.10. The highest BCUT2D eigenvalue weighted by Gasteiger charge is 2.06. The van der Waals surface area contributed by atoms with Crippen molar-refractivity contribution in [3.05, 3.63) is 46.5 Å². The summed E-state index contributed by atoms with van der Waals surface area (Å²) in [5.74, 6) is 0.879. The molecular weight excluding hydrogens is 268 g/mol. The second-order valence-corrected chi connectivity index (χ2v) is 4.37. The fourth-order valence-corrected chi connectivity index (χ4v) is 1.85. The van der Waals surface area contributed by atoms with Crippen LogP contribution in [-0.4, -0.2) is 16.7 Å². The van der Waals surface area contributed by atoms with Crippen LogP contribution >= 0.6 is 15.9 Å². The van der Waals surface area contributed by atoms with Crippen molar-refractivity contribution in [2.24, 2.45) is 7.05 Å². The van der Waals surface area contributed by atoms with Crippen molar-refractivity contribution >= 4 is 15.9 Å². The van der Waals surface area contributed by atoms with E-state index in [-0.39, 0.29) is 0 Å². The van der Waals surface area contributed by atoms with Crippen LogP contribution in [0.2, 0.25) is 0 Å². The highest BCUT2D eigenvalue weighted by Crippen LogP contribution is 2.19. The van der Waals surface area contributed by atoms with Gasteiger partial charge in [0.2, 0.25) is 0 Å². The summed E-state index contributed by atoms with van der Waals surface area (Å²) < 4.78 is 8.11. The Balaban J connectivity index is 2.17. The highest BCUT2D eigenvalue weighted by atomic mass is 79.9. The molecule has 2 aromatic rings. The molecule has 0 bridgehead atoms. The smallest absolute Gasteiger partial charge is 0.118 e. The number of benzene rings is 1. The first-order chi connectivity index (χ1) is 7.70. The number of rotatable bonds is 3. The van der Waals surface area contributed by atoms with Crippen molar-refractivity contribution in [2.75, 3.05) is 7.11 Å². The van der Waals surface area contributed by atoms with E-state index < -0.39 is 0 Å². The molecule has 0 amide bonds. The number of imidazole rings is 1. The number of ether oxygens (including phenoxy) is 1. The lowest BCUT2D eigenvalue weighted by molar-refractivity contribution is 0.414. The average Bonchev–Trinajstić information content (AvgIpc) is 2.62. The second-order valence-electron chi connectivity index (χ2n) is 3.62. The Morgan fingerprint density at radius 3 is 2.50 bits per heavy atom. The molecule has 16 heavy (non-hydrogen) atoms. The molecule has 0 atom stereocenters. The maximum atomic E-state index is 5.12. The van der Waals surface area contributed by atoms with E-state index in [1.54, 1.807) is 7.11 Å². The number of methoxy groups -OCH3 is 1. The number of aromatic nitrogens is 2. The molecule has 1 aromatic carbocycles. The van der Waals surface area contributed by atoms with Gasteiger partial charge in [-0.3, -0.25) is 0 Å². The van der Waals surface area contributed by atoms with Gasteiger partial charge >= 0.3 is 0 Å². The average molecular weight is 281 g/mol. The Bertz CT molecular complexity index is 476. The minimum atomic E-state index is 0.825. The largest absolute Gasteiger partial charge is 0.497 e. The molecule has 3 nitrogen and oxygen atoms in total. The maximum Gasteiger partial charge on any atom is 0.118 e. The van der Waals surface area contributed by atoms with E-state index in [1.807, 2.05) is 30.1 Å². The van der Waals surface area contributed by atoms with E-state index in [1.165, 1.54) is 5.56 Å². The summed E-state index contributed by atoms with van der Waals surface area (Å²) in [6, 6.07) is 8.04. The van der Waals surface area contributed by atoms with Crippen LogP contribution in [0.25, 0.3) is 0 Å². The summed E-state index contributed by atoms with van der Waals surface area (Å²) in [6.45, 7) is 0. The van der Waals surface area contributed by atoms with Gasteiger partial charge in [0, 0.05) is 13.5 Å². The molecule has 0 saturated carbocycles. The van der Waals surface area contributed by atoms with Crippen molar-refractivity contribution in [1.82, 2.24) is 9.55 Å². The first-order valence-corrected chi connectivity index (χ1v) is 5.78. The minimum Gasteiger partial charge on any atom is -0.497 e. The van der Waals surface area contributed by atoms with Crippen LogP contribution in [0.5, 0.6) is 5.75 Å². The molecule has 0 fully saturated rings. The zero-order valence-corrected chi connectivity index (χ0v) is 10.9. The topological polar surface area (TPSA) is 27.1 Å². The molecule has 1 heterocycles. The van der Waals surface area contributed by atoms with Crippen LogP contribution in [-0.2, 0) is 13.5 Å². The lowest BCUT2D eigenvalue weighted by Gasteiger charge is -2.02. The summed E-state index contributed by atoms with van der Waals surface area (Å²) >= 11 is 3.51. The van der Waals surface area contributed by atoms with Crippen molar-refractivity contribution in [1.29, 1.82) is 0 Å². The van der Waals surface area contributed by atoms with Crippen molar-refractivity contribution < 1.29 is 4.74 Å². The Morgan fingerprint density at radius 2 is 2.00 bits per heavy atom. The summed E-state index contributed by atoms with van der Waals surface area (Å²) in [5, 5.41) is 0. The number of nitrogens with zero attached hydrogens (tertiary/aromatic N) is 2. The van der Waals surface area contributed by atoms with Gasteiger partial charge < -0.3 is 9.30 Å². The maximum absolute atomic E-state index is 5.12. The molecule has 4 heteroatoms. The fraction of sp³-hybridized carbons (Fsp3) is 0.250. The number of aryl methyl sites for hydroxylation is 1. The van der Waals surface area contributed by atoms with Crippen LogP contribution in [0.4, 0.5) is 0 Å². The van der Waals surface area contributed by atoms with E-state index in [2.05, 4.69) is 33.0 Å². The minimum absolute atomic E-state index is 0.825. The van der Waals surface area contributed by atoms with Gasteiger partial charge in [0.05, 0.1) is 19.1 Å². The first kappa shape index (κ1) is 11.2. The second kappa shape index (κ2) is 4.70. The molecule has 84 valence electrons. The normalized spacial score (nSPS) is 10.4. The third-order valence-electron chi connectivity index (χ3n) is 2.47. The van der Waals surface area contributed by atoms with Crippen LogP contribution in [0, 0.1) is 0 Å². The Morgan fingerprint density at radius 1 is 1.31 bits per heavy atom. The van der Waals surface area contributed by atoms with Crippen LogP contribution in [0.3, 0.4) is 0 Å². The SMILES string of the molecule is COc1ccc(Cc2ncn(C)c2Br)cc1. The molecule has 2 rings (SSSR count). The third kappa shape index (κ3) is 2.27. The van der Waals surface area contributed by atoms with Crippen LogP contribution in [0.15, 0.2) is 35.2 Å². The predicted octanol–water partition coefficient (Wildman–Crippen LogP) is 2.78. The molecular formula is C12H13BrN2O. The summed E-state index contributed by atoms with van der Waals surface area (Å²) in [7, 11) is 3.64. The first-order valence-electron chi connectivity index (χ1n) is 4.99. The Kier molecular flexibility index (Phi) is 3.29. The summed E-state index contributed by atoms with van der Waals surface area (Å²) in [6.07, 6.45) is 2.63. The number of hydrogen-bond acceptors (Lipinski definition) is 2. The molecule has 0 aliphatic carbocycles. The van der Waals surface area contributed by atoms with E-state index >= 15 is 0 Å². The van der Waals surface area contributed by atoms with Gasteiger partial charge in [-0.05, 0) is 33.6 Å². The van der Waals surface area contributed by atoms with Gasteiger partial charge in [-0.25, -0.2) is 4.98 Å². The number of hydrogen-bond donors (Lipinski definition) is 0. The van der Waals surface area contributed by atoms with Gasteiger partial charge in [-0.1, -0.05) is 12.1 Å². The zero-order valence-electron chi connectivity index (χ0n) is 9.27. The van der Waals surface area contributed by atoms with Crippen LogP contribution < -0.4 is 4.74 Å². The molecule has 0 N–H and O–H groups in total. The van der Waals surface area contributed by atoms with E-state index in [9.17, 15) is 0 Å². The summed E-state index contributed by atoms with van der Waals surface area (Å²) in [4.78, 5) is 4.34. The van der Waals surface area contributed by atoms with Gasteiger partial charge in [0.25, 0.3) is 0 Å². The predicted molar refractivity (Wildman–Crippen MR) is 66.7 cm³/mol. The zero-order chi connectivity index (χ0) is 11.5. The van der Waals surface area contributed by atoms with Crippen LogP contribution in [0.1, 0.15) is 11.3 Å². The van der Waals surface area contributed by atoms with Crippen molar-refractivity contribution in [2.45, 2.75) is 6.42 Å². The molecule has 1 aromatic heterocycles. The van der Waals surface area contributed by atoms with E-state index in [0.29, 0.717) is 0 Å². The lowest BCUT2D eigenvalue weighted by Crippen LogP contribution is -1.91. The van der Waals surface area contributed by atoms with Gasteiger partial charge in [0.15, 0.2) is 0 Å². The molecule has 0 saturated heterocycles. The van der Waals surface area contributed by atoms with Crippen molar-refractivity contribution in [3.63, 3.8) is 0 Å². The van der Waals surface area contributed by atoms with Gasteiger partial charge in [-0.15, -0.1) is 0 Å². The number of halogens is 1. The Hall–Kier alpha value is -1.29. The lowest BCUT2D eigenvalue weighted by atomic mass is 10.1. The molecule has 0 spiro atoms. The van der Waals surface area contributed by atoms with Gasteiger partial charge in [0.1, 0.15) is 10.4 Å². The quantitative estimate of drug-likeness (QED) is 0.865. The standard InChI is InChI=1S/C12H13BrN2O/c1-15-8-14-11(12(15)13)7-9-3-5-10(16-2)6-4-9/h3-6,8H,7H2,1-2H3. The fourth-order valence-electron chi connectivity index (χ4n) is 1.52. The molecule has 0 unspecified atom stereocenters. The van der Waals surface area contributed by atoms with E-state index in [4.69, 9.17) is 4.74 Å². The third-order valence-corrected chi connectivity index (χ3v) is 3.48. The van der Waals surface area contributed by atoms with E-state index in [0.717, 1.165) is 22.5 Å². The Labute approximate surface area is 103 Å². The molecule has 0 aliphatic heterocycles. The molecule has 0 radical (unpaired) electrons.